The van der Waals surface area contributed by atoms with Gasteiger partial charge in [0.1, 0.15) is 18.3 Å². The van der Waals surface area contributed by atoms with E-state index in [0.29, 0.717) is 0 Å². The highest BCUT2D eigenvalue weighted by molar-refractivity contribution is 7.89. The van der Waals surface area contributed by atoms with Crippen LogP contribution in [0.4, 0.5) is 11.4 Å². The first kappa shape index (κ1) is 22.4. The maximum Gasteiger partial charge on any atom is 0.293 e. The molecule has 0 saturated carbocycles. The summed E-state index contributed by atoms with van der Waals surface area (Å²) in [6, 6.07) is 11.2. The maximum absolute atomic E-state index is 12.7. The van der Waals surface area contributed by atoms with Gasteiger partial charge in [0.2, 0.25) is 10.0 Å². The summed E-state index contributed by atoms with van der Waals surface area (Å²) in [7, 11) is -3.79. The van der Waals surface area contributed by atoms with Crippen LogP contribution in [-0.4, -0.2) is 45.5 Å². The van der Waals surface area contributed by atoms with Gasteiger partial charge < -0.3 is 5.32 Å². The van der Waals surface area contributed by atoms with Gasteiger partial charge in [-0.25, -0.2) is 18.1 Å². The normalized spacial score (nSPS) is 12.6. The van der Waals surface area contributed by atoms with Crippen LogP contribution in [0, 0.1) is 10.1 Å². The highest BCUT2D eigenvalue weighted by Crippen LogP contribution is 2.31. The Kier molecular flexibility index (Phi) is 6.66. The third-order valence-electron chi connectivity index (χ3n) is 4.96. The van der Waals surface area contributed by atoms with E-state index in [0.717, 1.165) is 17.3 Å². The number of hydrogen-bond acceptors (Lipinski definition) is 7. The highest BCUT2D eigenvalue weighted by atomic mass is 32.2. The molecule has 1 aromatic heterocycles. The lowest BCUT2D eigenvalue weighted by molar-refractivity contribution is -0.384. The summed E-state index contributed by atoms with van der Waals surface area (Å²) < 4.78 is 28.3. The summed E-state index contributed by atoms with van der Waals surface area (Å²) in [5.74, 6) is 0. The molecule has 0 fully saturated rings. The molecule has 1 N–H and O–H groups in total. The van der Waals surface area contributed by atoms with Crippen molar-refractivity contribution in [3.63, 3.8) is 0 Å². The molecule has 1 heterocycles. The Labute approximate surface area is 180 Å². The number of nitro groups is 1. The van der Waals surface area contributed by atoms with E-state index in [4.69, 9.17) is 0 Å². The van der Waals surface area contributed by atoms with Crippen LogP contribution in [0.5, 0.6) is 0 Å². The molecule has 164 valence electrons. The van der Waals surface area contributed by atoms with Gasteiger partial charge in [-0.3, -0.25) is 10.1 Å². The molecule has 0 radical (unpaired) electrons. The Bertz CT molecular complexity index is 1140. The molecular weight excluding hydrogens is 420 g/mol. The van der Waals surface area contributed by atoms with E-state index in [1.54, 1.807) is 24.9 Å². The van der Waals surface area contributed by atoms with Gasteiger partial charge in [0.05, 0.1) is 15.5 Å². The second-order valence-electron chi connectivity index (χ2n) is 6.82. The summed E-state index contributed by atoms with van der Waals surface area (Å²) in [5.41, 5.74) is 1.69. The van der Waals surface area contributed by atoms with Gasteiger partial charge in [0.15, 0.2) is 0 Å². The summed E-state index contributed by atoms with van der Waals surface area (Å²) >= 11 is 0. The SMILES string of the molecule is CCN(CC)S(=O)(=O)c1ccc(NC(C)c2ccc(-n3cncn3)cc2)c([N+](=O)[O-])c1. The minimum atomic E-state index is -3.79. The molecule has 0 bridgehead atoms. The fourth-order valence-electron chi connectivity index (χ4n) is 3.23. The first-order valence-corrected chi connectivity index (χ1v) is 11.2. The number of rotatable bonds is 9. The fraction of sp³-hybridized carbons (Fsp3) is 0.300. The number of sulfonamides is 1. The van der Waals surface area contributed by atoms with Gasteiger partial charge in [-0.2, -0.15) is 9.40 Å². The average Bonchev–Trinajstić information content (AvgIpc) is 3.29. The Morgan fingerprint density at radius 3 is 2.39 bits per heavy atom. The van der Waals surface area contributed by atoms with Crippen LogP contribution in [0.3, 0.4) is 0 Å². The van der Waals surface area contributed by atoms with Crippen LogP contribution in [-0.2, 0) is 10.0 Å². The zero-order valence-electron chi connectivity index (χ0n) is 17.5. The summed E-state index contributed by atoms with van der Waals surface area (Å²) in [6.07, 6.45) is 3.04. The second kappa shape index (κ2) is 9.23. The molecule has 31 heavy (non-hydrogen) atoms. The monoisotopic (exact) mass is 444 g/mol. The van der Waals surface area contributed by atoms with Crippen LogP contribution >= 0.6 is 0 Å². The predicted molar refractivity (Wildman–Crippen MR) is 117 cm³/mol. The Morgan fingerprint density at radius 2 is 1.84 bits per heavy atom. The zero-order valence-corrected chi connectivity index (χ0v) is 18.3. The molecule has 3 aromatic rings. The molecule has 2 aromatic carbocycles. The molecule has 3 rings (SSSR count). The zero-order chi connectivity index (χ0) is 22.6. The quantitative estimate of drug-likeness (QED) is 0.396. The molecule has 11 heteroatoms. The van der Waals surface area contributed by atoms with Crippen LogP contribution in [0.2, 0.25) is 0 Å². The molecule has 10 nitrogen and oxygen atoms in total. The van der Waals surface area contributed by atoms with E-state index in [1.165, 1.54) is 22.8 Å². The number of nitro benzene ring substituents is 1. The van der Waals surface area contributed by atoms with Gasteiger partial charge in [-0.15, -0.1) is 0 Å². The molecule has 0 aliphatic carbocycles. The number of nitrogens with one attached hydrogen (secondary N) is 1. The van der Waals surface area contributed by atoms with Gasteiger partial charge in [-0.1, -0.05) is 26.0 Å². The van der Waals surface area contributed by atoms with E-state index in [1.807, 2.05) is 31.2 Å². The third-order valence-corrected chi connectivity index (χ3v) is 7.00. The van der Waals surface area contributed by atoms with Crippen LogP contribution in [0.15, 0.2) is 60.0 Å². The van der Waals surface area contributed by atoms with E-state index in [9.17, 15) is 18.5 Å². The van der Waals surface area contributed by atoms with Crippen molar-refractivity contribution in [3.05, 3.63) is 70.8 Å². The van der Waals surface area contributed by atoms with Crippen LogP contribution in [0.1, 0.15) is 32.4 Å². The minimum Gasteiger partial charge on any atom is -0.373 e. The van der Waals surface area contributed by atoms with E-state index >= 15 is 0 Å². The largest absolute Gasteiger partial charge is 0.373 e. The lowest BCUT2D eigenvalue weighted by atomic mass is 10.1. The van der Waals surface area contributed by atoms with Gasteiger partial charge in [0, 0.05) is 25.2 Å². The Balaban J connectivity index is 1.86. The second-order valence-corrected chi connectivity index (χ2v) is 8.76. The average molecular weight is 445 g/mol. The molecule has 0 saturated heterocycles. The smallest absolute Gasteiger partial charge is 0.293 e. The van der Waals surface area contributed by atoms with Gasteiger partial charge >= 0.3 is 0 Å². The van der Waals surface area contributed by atoms with E-state index < -0.39 is 14.9 Å². The van der Waals surface area contributed by atoms with E-state index in [-0.39, 0.29) is 35.4 Å². The van der Waals surface area contributed by atoms with E-state index in [2.05, 4.69) is 15.4 Å². The minimum absolute atomic E-state index is 0.0988. The molecule has 0 aliphatic rings. The van der Waals surface area contributed by atoms with Crippen molar-refractivity contribution >= 4 is 21.4 Å². The van der Waals surface area contributed by atoms with Crippen molar-refractivity contribution in [2.75, 3.05) is 18.4 Å². The topological polar surface area (TPSA) is 123 Å². The van der Waals surface area contributed by atoms with Crippen molar-refractivity contribution in [2.24, 2.45) is 0 Å². The Hall–Kier alpha value is -3.31. The lowest BCUT2D eigenvalue weighted by Gasteiger charge is -2.20. The fourth-order valence-corrected chi connectivity index (χ4v) is 4.71. The predicted octanol–water partition coefficient (Wildman–Crippen LogP) is 3.38. The number of nitrogens with zero attached hydrogens (tertiary/aromatic N) is 5. The number of hydrogen-bond donors (Lipinski definition) is 1. The maximum atomic E-state index is 12.7. The Morgan fingerprint density at radius 1 is 1.16 bits per heavy atom. The molecule has 0 aliphatic heterocycles. The number of anilines is 1. The van der Waals surface area contributed by atoms with Crippen molar-refractivity contribution in [1.29, 1.82) is 0 Å². The summed E-state index contributed by atoms with van der Waals surface area (Å²) in [4.78, 5) is 14.9. The first-order valence-electron chi connectivity index (χ1n) is 9.78. The van der Waals surface area contributed by atoms with Crippen molar-refractivity contribution in [3.8, 4) is 5.69 Å². The highest BCUT2D eigenvalue weighted by Gasteiger charge is 2.26. The van der Waals surface area contributed by atoms with Crippen molar-refractivity contribution in [1.82, 2.24) is 19.1 Å². The molecule has 0 amide bonds. The van der Waals surface area contributed by atoms with Crippen LogP contribution in [0.25, 0.3) is 5.69 Å². The summed E-state index contributed by atoms with van der Waals surface area (Å²) in [5, 5.41) is 18.8. The first-order chi connectivity index (χ1) is 14.8. The summed E-state index contributed by atoms with van der Waals surface area (Å²) in [6.45, 7) is 5.89. The molecule has 0 spiro atoms. The van der Waals surface area contributed by atoms with Gasteiger partial charge in [0.25, 0.3) is 5.69 Å². The number of aromatic nitrogens is 3. The van der Waals surface area contributed by atoms with Crippen molar-refractivity contribution in [2.45, 2.75) is 31.7 Å². The lowest BCUT2D eigenvalue weighted by Crippen LogP contribution is -2.30. The van der Waals surface area contributed by atoms with Crippen LogP contribution < -0.4 is 5.32 Å². The number of benzene rings is 2. The van der Waals surface area contributed by atoms with Crippen molar-refractivity contribution < 1.29 is 13.3 Å². The molecule has 1 atom stereocenters. The standard InChI is InChI=1S/C20H24N6O4S/c1-4-24(5-2)31(29,30)18-10-11-19(20(12-18)26(27)28)23-15(3)16-6-8-17(9-7-16)25-14-21-13-22-25/h6-15,23H,4-5H2,1-3H3. The van der Waals surface area contributed by atoms with Gasteiger partial charge in [-0.05, 0) is 36.8 Å². The third kappa shape index (κ3) is 4.72. The molecular formula is C20H24N6O4S. The molecule has 1 unspecified atom stereocenters.